The van der Waals surface area contributed by atoms with E-state index in [9.17, 15) is 9.59 Å². The average Bonchev–Trinajstić information content (AvgIpc) is 3.26. The van der Waals surface area contributed by atoms with Gasteiger partial charge in [0.2, 0.25) is 0 Å². The van der Waals surface area contributed by atoms with E-state index in [2.05, 4.69) is 23.6 Å². The molecule has 0 unspecified atom stereocenters. The second-order valence-corrected chi connectivity index (χ2v) is 8.13. The fourth-order valence-corrected chi connectivity index (χ4v) is 4.54. The summed E-state index contributed by atoms with van der Waals surface area (Å²) in [5, 5.41) is 0.125. The summed E-state index contributed by atoms with van der Waals surface area (Å²) in [6, 6.07) is 10.1. The van der Waals surface area contributed by atoms with Crippen molar-refractivity contribution < 1.29 is 14.3 Å². The minimum absolute atomic E-state index is 0.0608. The Bertz CT molecular complexity index is 722. The van der Waals surface area contributed by atoms with Gasteiger partial charge in [-0.25, -0.2) is 4.79 Å². The highest BCUT2D eigenvalue weighted by Gasteiger charge is 2.42. The normalized spacial score (nSPS) is 21.9. The molecule has 27 heavy (non-hydrogen) atoms. The molecule has 2 atom stereocenters. The van der Waals surface area contributed by atoms with Gasteiger partial charge in [0, 0.05) is 31.8 Å². The molecule has 0 radical (unpaired) electrons. The lowest BCUT2D eigenvalue weighted by molar-refractivity contribution is -0.109. The molecule has 2 aliphatic rings. The van der Waals surface area contributed by atoms with E-state index in [1.165, 1.54) is 17.3 Å². The zero-order valence-electron chi connectivity index (χ0n) is 15.5. The number of nitrogens with zero attached hydrogens (tertiary/aromatic N) is 3. The summed E-state index contributed by atoms with van der Waals surface area (Å²) >= 11 is 1.29. The van der Waals surface area contributed by atoms with Crippen LogP contribution in [0.2, 0.25) is 0 Å². The highest BCUT2D eigenvalue weighted by molar-refractivity contribution is 8.14. The molecule has 0 saturated carbocycles. The van der Waals surface area contributed by atoms with E-state index in [1.54, 1.807) is 17.9 Å². The number of thioether (sulfide) groups is 1. The van der Waals surface area contributed by atoms with Gasteiger partial charge in [0.05, 0.1) is 12.6 Å². The van der Waals surface area contributed by atoms with Crippen molar-refractivity contribution in [1.29, 1.82) is 0 Å². The Balaban J connectivity index is 1.76. The number of hydrogen-bond donors (Lipinski definition) is 0. The third kappa shape index (κ3) is 4.91. The number of ether oxygens (including phenoxy) is 1. The first kappa shape index (κ1) is 19.5. The van der Waals surface area contributed by atoms with Gasteiger partial charge in [-0.15, -0.1) is 0 Å². The topological polar surface area (TPSA) is 62.2 Å². The van der Waals surface area contributed by atoms with Crippen molar-refractivity contribution in [3.8, 4) is 0 Å². The predicted molar refractivity (Wildman–Crippen MR) is 108 cm³/mol. The van der Waals surface area contributed by atoms with Gasteiger partial charge in [0.25, 0.3) is 0 Å². The van der Waals surface area contributed by atoms with Gasteiger partial charge in [-0.3, -0.25) is 14.7 Å². The maximum atomic E-state index is 12.6. The molecule has 1 fully saturated rings. The molecule has 1 aromatic rings. The molecule has 1 saturated heterocycles. The molecule has 0 spiro atoms. The second kappa shape index (κ2) is 9.08. The first-order chi connectivity index (χ1) is 13.1. The molecule has 2 aliphatic heterocycles. The Morgan fingerprint density at radius 1 is 1.37 bits per heavy atom. The summed E-state index contributed by atoms with van der Waals surface area (Å²) in [5.41, 5.74) is 1.21. The highest BCUT2D eigenvalue weighted by atomic mass is 32.2. The number of amides is 1. The van der Waals surface area contributed by atoms with Crippen LogP contribution in [0, 0.1) is 0 Å². The molecule has 0 aliphatic carbocycles. The molecule has 6 nitrogen and oxygen atoms in total. The number of benzene rings is 1. The number of rotatable bonds is 6. The maximum absolute atomic E-state index is 12.6. The first-order valence-corrected chi connectivity index (χ1v) is 10.0. The number of likely N-dealkylation sites (tertiary alicyclic amines) is 1. The van der Waals surface area contributed by atoms with Crippen molar-refractivity contribution in [3.63, 3.8) is 0 Å². The van der Waals surface area contributed by atoms with Crippen LogP contribution in [0.5, 0.6) is 0 Å². The lowest BCUT2D eigenvalue weighted by Gasteiger charge is -2.29. The van der Waals surface area contributed by atoms with E-state index in [0.717, 1.165) is 25.5 Å². The van der Waals surface area contributed by atoms with E-state index in [4.69, 9.17) is 9.73 Å². The van der Waals surface area contributed by atoms with Crippen LogP contribution < -0.4 is 0 Å². The second-order valence-electron chi connectivity index (χ2n) is 6.65. The van der Waals surface area contributed by atoms with Crippen LogP contribution in [0.1, 0.15) is 18.9 Å². The minimum atomic E-state index is -0.374. The quantitative estimate of drug-likeness (QED) is 0.703. The van der Waals surface area contributed by atoms with Crippen LogP contribution in [0.15, 0.2) is 48.0 Å². The Morgan fingerprint density at radius 2 is 2.15 bits per heavy atom. The number of hydrogen-bond acceptors (Lipinski definition) is 6. The van der Waals surface area contributed by atoms with Crippen molar-refractivity contribution in [3.05, 3.63) is 48.6 Å². The number of carbonyl (C=O) groups excluding carboxylic acids is 2. The van der Waals surface area contributed by atoms with Crippen LogP contribution in [0.3, 0.4) is 0 Å². The summed E-state index contributed by atoms with van der Waals surface area (Å²) in [7, 11) is 0. The van der Waals surface area contributed by atoms with E-state index < -0.39 is 0 Å². The zero-order chi connectivity index (χ0) is 19.2. The molecule has 3 rings (SSSR count). The zero-order valence-corrected chi connectivity index (χ0v) is 16.4. The van der Waals surface area contributed by atoms with Crippen LogP contribution in [-0.4, -0.2) is 64.4 Å². The monoisotopic (exact) mass is 387 g/mol. The van der Waals surface area contributed by atoms with Crippen LogP contribution in [-0.2, 0) is 16.1 Å². The van der Waals surface area contributed by atoms with Gasteiger partial charge >= 0.3 is 6.09 Å². The Hall–Kier alpha value is -2.28. The SMILES string of the molecule is C=CCOC(=O)N1C[C@@H](SC(C)=O)C[C@H]1C1=NCCN1Cc1ccccc1. The first-order valence-electron chi connectivity index (χ1n) is 9.13. The molecule has 0 bridgehead atoms. The summed E-state index contributed by atoms with van der Waals surface area (Å²) in [6.45, 7) is 8.13. The van der Waals surface area contributed by atoms with Gasteiger partial charge in [0.15, 0.2) is 5.12 Å². The van der Waals surface area contributed by atoms with Crippen molar-refractivity contribution in [2.24, 2.45) is 4.99 Å². The van der Waals surface area contributed by atoms with Gasteiger partial charge in [-0.1, -0.05) is 54.7 Å². The summed E-state index contributed by atoms with van der Waals surface area (Å²) in [5.74, 6) is 0.918. The van der Waals surface area contributed by atoms with Crippen molar-refractivity contribution in [1.82, 2.24) is 9.80 Å². The van der Waals surface area contributed by atoms with E-state index >= 15 is 0 Å². The third-order valence-electron chi connectivity index (χ3n) is 4.64. The Labute approximate surface area is 164 Å². The summed E-state index contributed by atoms with van der Waals surface area (Å²) in [4.78, 5) is 32.8. The van der Waals surface area contributed by atoms with Crippen LogP contribution in [0.25, 0.3) is 0 Å². The highest BCUT2D eigenvalue weighted by Crippen LogP contribution is 2.31. The molecule has 144 valence electrons. The van der Waals surface area contributed by atoms with Crippen molar-refractivity contribution in [2.75, 3.05) is 26.2 Å². The molecular formula is C20H25N3O3S. The number of carbonyl (C=O) groups is 2. The van der Waals surface area contributed by atoms with Crippen molar-refractivity contribution in [2.45, 2.75) is 31.2 Å². The fraction of sp³-hybridized carbons (Fsp3) is 0.450. The molecular weight excluding hydrogens is 362 g/mol. The summed E-state index contributed by atoms with van der Waals surface area (Å²) in [6.07, 6.45) is 1.89. The third-order valence-corrected chi connectivity index (χ3v) is 5.64. The van der Waals surface area contributed by atoms with Crippen molar-refractivity contribution >= 4 is 28.8 Å². The molecule has 0 aromatic heterocycles. The maximum Gasteiger partial charge on any atom is 0.410 e. The van der Waals surface area contributed by atoms with Gasteiger partial charge in [-0.2, -0.15) is 0 Å². The minimum Gasteiger partial charge on any atom is -0.445 e. The van der Waals surface area contributed by atoms with E-state index in [-0.39, 0.29) is 29.1 Å². The number of aliphatic imine (C=N–C) groups is 1. The Kier molecular flexibility index (Phi) is 6.55. The molecule has 7 heteroatoms. The predicted octanol–water partition coefficient (Wildman–Crippen LogP) is 2.95. The van der Waals surface area contributed by atoms with E-state index in [0.29, 0.717) is 13.0 Å². The van der Waals surface area contributed by atoms with Gasteiger partial charge < -0.3 is 9.64 Å². The molecule has 1 amide bonds. The lowest BCUT2D eigenvalue weighted by Crippen LogP contribution is -2.46. The van der Waals surface area contributed by atoms with Gasteiger partial charge in [-0.05, 0) is 12.0 Å². The molecule has 2 heterocycles. The molecule has 1 aromatic carbocycles. The summed E-state index contributed by atoms with van der Waals surface area (Å²) < 4.78 is 5.27. The molecule has 0 N–H and O–H groups in total. The average molecular weight is 388 g/mol. The smallest absolute Gasteiger partial charge is 0.410 e. The van der Waals surface area contributed by atoms with Crippen LogP contribution >= 0.6 is 11.8 Å². The lowest BCUT2D eigenvalue weighted by atomic mass is 10.1. The number of amidine groups is 1. The van der Waals surface area contributed by atoms with Crippen LogP contribution in [0.4, 0.5) is 4.79 Å². The standard InChI is InChI=1S/C20H25N3O3S/c1-3-11-26-20(25)23-14-17(27-15(2)24)12-18(23)19-21-9-10-22(19)13-16-7-5-4-6-8-16/h3-8,17-18H,1,9-14H2,2H3/t17-,18-/m0/s1. The fourth-order valence-electron chi connectivity index (χ4n) is 3.56. The van der Waals surface area contributed by atoms with E-state index in [1.807, 2.05) is 18.2 Å². The van der Waals surface area contributed by atoms with Gasteiger partial charge in [0.1, 0.15) is 12.4 Å². The largest absolute Gasteiger partial charge is 0.445 e. The Morgan fingerprint density at radius 3 is 2.85 bits per heavy atom.